The molecule has 0 N–H and O–H groups in total. The van der Waals surface area contributed by atoms with Gasteiger partial charge in [-0.25, -0.2) is 0 Å². The molecule has 0 atom stereocenters. The van der Waals surface area contributed by atoms with E-state index >= 15 is 0 Å². The first-order chi connectivity index (χ1) is 4.36. The second kappa shape index (κ2) is 1.59. The third-order valence-corrected chi connectivity index (χ3v) is 1.72. The Kier molecular flexibility index (Phi) is 0.891. The number of fused-ring (bicyclic) bond motifs is 1. The van der Waals surface area contributed by atoms with Crippen LogP contribution < -0.4 is 0 Å². The molecule has 0 amide bonds. The van der Waals surface area contributed by atoms with E-state index in [-0.39, 0.29) is 0 Å². The highest BCUT2D eigenvalue weighted by molar-refractivity contribution is 5.14. The highest BCUT2D eigenvalue weighted by Crippen LogP contribution is 2.13. The van der Waals surface area contributed by atoms with Crippen LogP contribution >= 0.6 is 0 Å². The van der Waals surface area contributed by atoms with E-state index in [4.69, 9.17) is 0 Å². The number of nitrogens with zero attached hydrogens (tertiary/aromatic N) is 2. The Morgan fingerprint density at radius 2 is 2.56 bits per heavy atom. The molecular weight excluding hydrogens is 112 g/mol. The summed E-state index contributed by atoms with van der Waals surface area (Å²) in [5, 5.41) is 4.20. The minimum absolute atomic E-state index is 0.907. The van der Waals surface area contributed by atoms with Gasteiger partial charge in [0.25, 0.3) is 0 Å². The second-order valence-corrected chi connectivity index (χ2v) is 2.45. The molecule has 1 aliphatic rings. The lowest BCUT2D eigenvalue weighted by Gasteiger charge is -1.88. The van der Waals surface area contributed by atoms with E-state index < -0.39 is 0 Å². The first-order valence-electron chi connectivity index (χ1n) is 3.25. The lowest BCUT2D eigenvalue weighted by molar-refractivity contribution is 0.653. The summed E-state index contributed by atoms with van der Waals surface area (Å²) in [6.45, 7) is 4.84. The van der Waals surface area contributed by atoms with Crippen molar-refractivity contribution in [3.8, 4) is 0 Å². The minimum Gasteiger partial charge on any atom is -0.269 e. The van der Waals surface area contributed by atoms with Crippen LogP contribution in [0, 0.1) is 6.92 Å². The lowest BCUT2D eigenvalue weighted by Crippen LogP contribution is -1.93. The summed E-state index contributed by atoms with van der Waals surface area (Å²) in [6.07, 6.45) is 2.44. The highest BCUT2D eigenvalue weighted by atomic mass is 15.3. The molecule has 9 heavy (non-hydrogen) atoms. The van der Waals surface area contributed by atoms with Gasteiger partial charge in [-0.1, -0.05) is 0 Å². The van der Waals surface area contributed by atoms with E-state index in [0.717, 1.165) is 12.2 Å². The van der Waals surface area contributed by atoms with Crippen molar-refractivity contribution in [3.05, 3.63) is 24.4 Å². The monoisotopic (exact) mass is 121 g/mol. The molecule has 0 saturated carbocycles. The van der Waals surface area contributed by atoms with Crippen LogP contribution in [0.2, 0.25) is 0 Å². The molecule has 2 nitrogen and oxygen atoms in total. The number of aromatic nitrogens is 2. The summed E-state index contributed by atoms with van der Waals surface area (Å²) in [5.41, 5.74) is 2.25. The molecule has 0 spiro atoms. The highest BCUT2D eigenvalue weighted by Gasteiger charge is 2.10. The van der Waals surface area contributed by atoms with Gasteiger partial charge in [-0.2, -0.15) is 5.10 Å². The lowest BCUT2D eigenvalue weighted by atomic mass is 10.3. The normalized spacial score (nSPS) is 16.1. The fourth-order valence-electron chi connectivity index (χ4n) is 1.32. The average Bonchev–Trinajstić information content (AvgIpc) is 2.22. The summed E-state index contributed by atoms with van der Waals surface area (Å²) in [5.74, 6) is 0. The largest absolute Gasteiger partial charge is 0.269 e. The van der Waals surface area contributed by atoms with Crippen LogP contribution in [0.4, 0.5) is 0 Å². The van der Waals surface area contributed by atoms with Gasteiger partial charge in [0.2, 0.25) is 0 Å². The van der Waals surface area contributed by atoms with E-state index in [1.54, 1.807) is 0 Å². The SMILES string of the molecule is [CH2]c1cc2n(n1)CCC2. The van der Waals surface area contributed by atoms with Crippen LogP contribution in [0.15, 0.2) is 6.07 Å². The van der Waals surface area contributed by atoms with Gasteiger partial charge in [0.1, 0.15) is 0 Å². The first kappa shape index (κ1) is 5.03. The summed E-state index contributed by atoms with van der Waals surface area (Å²) >= 11 is 0. The zero-order valence-electron chi connectivity index (χ0n) is 5.30. The number of aryl methyl sites for hydroxylation is 2. The number of hydrogen-bond acceptors (Lipinski definition) is 1. The van der Waals surface area contributed by atoms with E-state index in [2.05, 4.69) is 18.1 Å². The van der Waals surface area contributed by atoms with Crippen molar-refractivity contribution >= 4 is 0 Å². The molecule has 1 aliphatic heterocycles. The molecular formula is C7H9N2. The Morgan fingerprint density at radius 3 is 3.33 bits per heavy atom. The molecule has 0 unspecified atom stereocenters. The fourth-order valence-corrected chi connectivity index (χ4v) is 1.32. The van der Waals surface area contributed by atoms with Gasteiger partial charge in [0, 0.05) is 12.2 Å². The summed E-state index contributed by atoms with van der Waals surface area (Å²) in [7, 11) is 0. The molecule has 2 rings (SSSR count). The van der Waals surface area contributed by atoms with Crippen LogP contribution in [0.5, 0.6) is 0 Å². The van der Waals surface area contributed by atoms with Gasteiger partial charge < -0.3 is 0 Å². The van der Waals surface area contributed by atoms with Crippen LogP contribution in [0.3, 0.4) is 0 Å². The van der Waals surface area contributed by atoms with Gasteiger partial charge in [0.15, 0.2) is 0 Å². The van der Waals surface area contributed by atoms with E-state index in [0.29, 0.717) is 0 Å². The smallest absolute Gasteiger partial charge is 0.0631 e. The zero-order valence-corrected chi connectivity index (χ0v) is 5.30. The predicted octanol–water partition coefficient (Wildman–Crippen LogP) is 1.01. The van der Waals surface area contributed by atoms with Crippen molar-refractivity contribution in [2.24, 2.45) is 0 Å². The van der Waals surface area contributed by atoms with Crippen LogP contribution in [-0.4, -0.2) is 9.78 Å². The van der Waals surface area contributed by atoms with Gasteiger partial charge in [0.05, 0.1) is 5.69 Å². The Labute approximate surface area is 54.5 Å². The Morgan fingerprint density at radius 1 is 1.67 bits per heavy atom. The molecule has 0 aromatic carbocycles. The minimum atomic E-state index is 0.907. The standard InChI is InChI=1S/C7H9N2/c1-6-5-7-3-2-4-9(7)8-6/h5H,1-4H2. The summed E-state index contributed by atoms with van der Waals surface area (Å²) in [6, 6.07) is 2.06. The quantitative estimate of drug-likeness (QED) is 0.501. The van der Waals surface area contributed by atoms with Crippen molar-refractivity contribution in [3.63, 3.8) is 0 Å². The van der Waals surface area contributed by atoms with E-state index in [1.807, 2.05) is 4.68 Å². The van der Waals surface area contributed by atoms with Gasteiger partial charge in [-0.05, 0) is 25.8 Å². The molecule has 0 fully saturated rings. The van der Waals surface area contributed by atoms with Crippen molar-refractivity contribution in [2.75, 3.05) is 0 Å². The zero-order chi connectivity index (χ0) is 6.27. The summed E-state index contributed by atoms with van der Waals surface area (Å²) < 4.78 is 2.04. The topological polar surface area (TPSA) is 17.8 Å². The van der Waals surface area contributed by atoms with Gasteiger partial charge in [-0.3, -0.25) is 4.68 Å². The number of rotatable bonds is 0. The Hall–Kier alpha value is -0.790. The second-order valence-electron chi connectivity index (χ2n) is 2.45. The van der Waals surface area contributed by atoms with E-state index in [9.17, 15) is 0 Å². The third-order valence-electron chi connectivity index (χ3n) is 1.72. The average molecular weight is 121 g/mol. The molecule has 0 saturated heterocycles. The molecule has 47 valence electrons. The summed E-state index contributed by atoms with van der Waals surface area (Å²) in [4.78, 5) is 0. The maximum atomic E-state index is 4.20. The molecule has 0 bridgehead atoms. The van der Waals surface area contributed by atoms with Gasteiger partial charge >= 0.3 is 0 Å². The maximum absolute atomic E-state index is 4.20. The van der Waals surface area contributed by atoms with Crippen molar-refractivity contribution < 1.29 is 0 Å². The fraction of sp³-hybridized carbons (Fsp3) is 0.429. The predicted molar refractivity (Wildman–Crippen MR) is 35.0 cm³/mol. The third kappa shape index (κ3) is 0.661. The van der Waals surface area contributed by atoms with Crippen LogP contribution in [0.1, 0.15) is 17.8 Å². The Balaban J connectivity index is 2.51. The molecule has 2 heteroatoms. The van der Waals surface area contributed by atoms with Crippen molar-refractivity contribution in [1.82, 2.24) is 9.78 Å². The molecule has 1 aromatic rings. The van der Waals surface area contributed by atoms with E-state index in [1.165, 1.54) is 18.5 Å². The van der Waals surface area contributed by atoms with Crippen molar-refractivity contribution in [2.45, 2.75) is 19.4 Å². The van der Waals surface area contributed by atoms with Crippen LogP contribution in [0.25, 0.3) is 0 Å². The number of hydrogen-bond donors (Lipinski definition) is 0. The molecule has 0 aliphatic carbocycles. The van der Waals surface area contributed by atoms with Crippen LogP contribution in [-0.2, 0) is 13.0 Å². The molecule has 1 aromatic heterocycles. The molecule has 1 radical (unpaired) electrons. The van der Waals surface area contributed by atoms with Crippen molar-refractivity contribution in [1.29, 1.82) is 0 Å². The first-order valence-corrected chi connectivity index (χ1v) is 3.25. The Bertz CT molecular complexity index is 203. The molecule has 2 heterocycles. The van der Waals surface area contributed by atoms with Gasteiger partial charge in [-0.15, -0.1) is 0 Å². The maximum Gasteiger partial charge on any atom is 0.0631 e.